The summed E-state index contributed by atoms with van der Waals surface area (Å²) in [5.41, 5.74) is 1.49. The molecule has 1 saturated heterocycles. The van der Waals surface area contributed by atoms with Crippen LogP contribution in [0.4, 0.5) is 0 Å². The van der Waals surface area contributed by atoms with Crippen molar-refractivity contribution in [2.75, 3.05) is 26.2 Å². The fourth-order valence-corrected chi connectivity index (χ4v) is 2.54. The molecule has 1 aromatic rings. The molecule has 0 bridgehead atoms. The zero-order chi connectivity index (χ0) is 9.80. The van der Waals surface area contributed by atoms with Gasteiger partial charge in [-0.05, 0) is 35.4 Å². The van der Waals surface area contributed by atoms with E-state index < -0.39 is 0 Å². The summed E-state index contributed by atoms with van der Waals surface area (Å²) in [4.78, 5) is 2.58. The summed E-state index contributed by atoms with van der Waals surface area (Å²) >= 11 is 1.80. The minimum Gasteiger partial charge on any atom is -0.314 e. The van der Waals surface area contributed by atoms with Crippen LogP contribution in [0.1, 0.15) is 12.5 Å². The fraction of sp³-hybridized carbons (Fsp3) is 0.636. The molecular formula is C11H18N2S. The van der Waals surface area contributed by atoms with Crippen LogP contribution in [0.2, 0.25) is 0 Å². The van der Waals surface area contributed by atoms with E-state index >= 15 is 0 Å². The van der Waals surface area contributed by atoms with Crippen LogP contribution in [0.5, 0.6) is 0 Å². The molecule has 2 heterocycles. The highest BCUT2D eigenvalue weighted by Gasteiger charge is 2.22. The van der Waals surface area contributed by atoms with Gasteiger partial charge in [0, 0.05) is 25.7 Å². The molecule has 2 nitrogen and oxygen atoms in total. The summed E-state index contributed by atoms with van der Waals surface area (Å²) in [6.45, 7) is 7.00. The van der Waals surface area contributed by atoms with Crippen molar-refractivity contribution in [2.24, 2.45) is 0 Å². The molecule has 0 aromatic carbocycles. The number of hydrogen-bond acceptors (Lipinski definition) is 3. The smallest absolute Gasteiger partial charge is 0.0345 e. The first-order chi connectivity index (χ1) is 6.90. The molecule has 3 heteroatoms. The van der Waals surface area contributed by atoms with Gasteiger partial charge in [0.15, 0.2) is 0 Å². The minimum absolute atomic E-state index is 0.790. The zero-order valence-electron chi connectivity index (χ0n) is 8.70. The normalized spacial score (nSPS) is 17.3. The van der Waals surface area contributed by atoms with Crippen LogP contribution in [-0.2, 0) is 6.42 Å². The molecule has 0 aliphatic carbocycles. The lowest BCUT2D eigenvalue weighted by atomic mass is 10.1. The summed E-state index contributed by atoms with van der Waals surface area (Å²) in [7, 11) is 0. The lowest BCUT2D eigenvalue weighted by Crippen LogP contribution is -2.57. The molecule has 14 heavy (non-hydrogen) atoms. The Hall–Kier alpha value is -0.380. The number of nitrogens with one attached hydrogen (secondary N) is 1. The molecule has 1 fully saturated rings. The van der Waals surface area contributed by atoms with Gasteiger partial charge in [0.25, 0.3) is 0 Å². The highest BCUT2D eigenvalue weighted by molar-refractivity contribution is 7.07. The number of hydrogen-bond donors (Lipinski definition) is 1. The lowest BCUT2D eigenvalue weighted by molar-refractivity contribution is 0.155. The quantitative estimate of drug-likeness (QED) is 0.794. The van der Waals surface area contributed by atoms with Gasteiger partial charge >= 0.3 is 0 Å². The second kappa shape index (κ2) is 4.91. The van der Waals surface area contributed by atoms with Crippen LogP contribution in [-0.4, -0.2) is 37.1 Å². The van der Waals surface area contributed by atoms with E-state index in [0.29, 0.717) is 0 Å². The van der Waals surface area contributed by atoms with E-state index in [9.17, 15) is 0 Å². The summed E-state index contributed by atoms with van der Waals surface area (Å²) in [5.74, 6) is 0. The average Bonchev–Trinajstić information content (AvgIpc) is 2.61. The van der Waals surface area contributed by atoms with Crippen molar-refractivity contribution >= 4 is 11.3 Å². The molecule has 1 aliphatic rings. The SMILES string of the molecule is CCN(CCc1ccsc1)C1CNC1. The van der Waals surface area contributed by atoms with Gasteiger partial charge in [0.05, 0.1) is 0 Å². The van der Waals surface area contributed by atoms with Gasteiger partial charge in [-0.1, -0.05) is 6.92 Å². The summed E-state index contributed by atoms with van der Waals surface area (Å²) < 4.78 is 0. The molecule has 78 valence electrons. The Bertz CT molecular complexity index is 254. The van der Waals surface area contributed by atoms with Gasteiger partial charge in [0.1, 0.15) is 0 Å². The van der Waals surface area contributed by atoms with Crippen molar-refractivity contribution in [3.63, 3.8) is 0 Å². The highest BCUT2D eigenvalue weighted by atomic mass is 32.1. The number of nitrogens with zero attached hydrogens (tertiary/aromatic N) is 1. The molecule has 0 spiro atoms. The predicted molar refractivity (Wildman–Crippen MR) is 61.9 cm³/mol. The van der Waals surface area contributed by atoms with Crippen LogP contribution >= 0.6 is 11.3 Å². The van der Waals surface area contributed by atoms with E-state index in [-0.39, 0.29) is 0 Å². The van der Waals surface area contributed by atoms with Gasteiger partial charge in [-0.3, -0.25) is 4.90 Å². The highest BCUT2D eigenvalue weighted by Crippen LogP contribution is 2.10. The lowest BCUT2D eigenvalue weighted by Gasteiger charge is -2.37. The molecule has 1 N–H and O–H groups in total. The first kappa shape index (κ1) is 10.1. The maximum atomic E-state index is 3.33. The Morgan fingerprint density at radius 2 is 2.43 bits per heavy atom. The second-order valence-corrected chi connectivity index (χ2v) is 4.60. The summed E-state index contributed by atoms with van der Waals surface area (Å²) in [5, 5.41) is 7.75. The van der Waals surface area contributed by atoms with Crippen molar-refractivity contribution in [3.05, 3.63) is 22.4 Å². The molecule has 1 aromatic heterocycles. The third-order valence-corrected chi connectivity index (χ3v) is 3.68. The van der Waals surface area contributed by atoms with Gasteiger partial charge in [-0.2, -0.15) is 11.3 Å². The van der Waals surface area contributed by atoms with Crippen molar-refractivity contribution < 1.29 is 0 Å². The van der Waals surface area contributed by atoms with E-state index in [0.717, 1.165) is 6.04 Å². The molecule has 0 unspecified atom stereocenters. The predicted octanol–water partition coefficient (Wildman–Crippen LogP) is 1.58. The maximum absolute atomic E-state index is 3.33. The number of rotatable bonds is 5. The Morgan fingerprint density at radius 3 is 2.93 bits per heavy atom. The molecule has 0 radical (unpaired) electrons. The molecule has 1 aliphatic heterocycles. The van der Waals surface area contributed by atoms with Crippen molar-refractivity contribution in [1.29, 1.82) is 0 Å². The molecule has 0 atom stereocenters. The molecule has 0 saturated carbocycles. The van der Waals surface area contributed by atoms with Gasteiger partial charge in [0.2, 0.25) is 0 Å². The molecule has 2 rings (SSSR count). The fourth-order valence-electron chi connectivity index (χ4n) is 1.84. The van der Waals surface area contributed by atoms with Crippen LogP contribution in [0.25, 0.3) is 0 Å². The van der Waals surface area contributed by atoms with Gasteiger partial charge in [-0.25, -0.2) is 0 Å². The van der Waals surface area contributed by atoms with E-state index in [2.05, 4.69) is 34.0 Å². The third-order valence-electron chi connectivity index (χ3n) is 2.95. The number of thiophene rings is 1. The van der Waals surface area contributed by atoms with Crippen LogP contribution in [0, 0.1) is 0 Å². The Labute approximate surface area is 89.9 Å². The first-order valence-corrected chi connectivity index (χ1v) is 6.30. The first-order valence-electron chi connectivity index (χ1n) is 5.36. The number of likely N-dealkylation sites (N-methyl/N-ethyl adjacent to an activating group) is 1. The van der Waals surface area contributed by atoms with E-state index in [4.69, 9.17) is 0 Å². The van der Waals surface area contributed by atoms with E-state index in [1.165, 1.54) is 38.2 Å². The molecule has 0 amide bonds. The van der Waals surface area contributed by atoms with Crippen LogP contribution < -0.4 is 5.32 Å². The van der Waals surface area contributed by atoms with Crippen molar-refractivity contribution in [2.45, 2.75) is 19.4 Å². The van der Waals surface area contributed by atoms with E-state index in [1.54, 1.807) is 11.3 Å². The van der Waals surface area contributed by atoms with Gasteiger partial charge in [-0.15, -0.1) is 0 Å². The Kier molecular flexibility index (Phi) is 3.56. The second-order valence-electron chi connectivity index (χ2n) is 3.82. The third kappa shape index (κ3) is 2.35. The zero-order valence-corrected chi connectivity index (χ0v) is 9.52. The van der Waals surface area contributed by atoms with Crippen LogP contribution in [0.3, 0.4) is 0 Å². The van der Waals surface area contributed by atoms with E-state index in [1.807, 2.05) is 0 Å². The topological polar surface area (TPSA) is 15.3 Å². The maximum Gasteiger partial charge on any atom is 0.0345 e. The van der Waals surface area contributed by atoms with Crippen molar-refractivity contribution in [3.8, 4) is 0 Å². The Morgan fingerprint density at radius 1 is 1.57 bits per heavy atom. The van der Waals surface area contributed by atoms with Gasteiger partial charge < -0.3 is 5.32 Å². The molecular weight excluding hydrogens is 192 g/mol. The standard InChI is InChI=1S/C11H18N2S/c1-2-13(11-7-12-8-11)5-3-10-4-6-14-9-10/h4,6,9,11-12H,2-3,5,7-8H2,1H3. The largest absolute Gasteiger partial charge is 0.314 e. The van der Waals surface area contributed by atoms with Crippen molar-refractivity contribution in [1.82, 2.24) is 10.2 Å². The summed E-state index contributed by atoms with van der Waals surface area (Å²) in [6, 6.07) is 3.02. The van der Waals surface area contributed by atoms with Crippen LogP contribution in [0.15, 0.2) is 16.8 Å². The average molecular weight is 210 g/mol. The minimum atomic E-state index is 0.790. The Balaban J connectivity index is 1.77. The monoisotopic (exact) mass is 210 g/mol. The summed E-state index contributed by atoms with van der Waals surface area (Å²) in [6.07, 6.45) is 1.20.